The van der Waals surface area contributed by atoms with Crippen molar-refractivity contribution in [2.45, 2.75) is 18.9 Å². The number of rotatable bonds is 2. The lowest BCUT2D eigenvalue weighted by atomic mass is 9.87. The van der Waals surface area contributed by atoms with Gasteiger partial charge in [0.25, 0.3) is 0 Å². The number of fused-ring (bicyclic) bond motifs is 1. The second kappa shape index (κ2) is 3.99. The summed E-state index contributed by atoms with van der Waals surface area (Å²) in [6.45, 7) is 0. The molecule has 1 aromatic carbocycles. The number of halogens is 1. The molecule has 1 heterocycles. The molecule has 1 saturated heterocycles. The van der Waals surface area contributed by atoms with Crippen LogP contribution in [-0.2, 0) is 16.0 Å². The van der Waals surface area contributed by atoms with Gasteiger partial charge in [-0.05, 0) is 24.1 Å². The summed E-state index contributed by atoms with van der Waals surface area (Å²) in [5.41, 5.74) is 0.855. The van der Waals surface area contributed by atoms with Gasteiger partial charge >= 0.3 is 5.97 Å². The maximum atomic E-state index is 13.1. The molecule has 0 aromatic heterocycles. The predicted octanol–water partition coefficient (Wildman–Crippen LogP) is 2.49. The number of ether oxygens (including phenoxy) is 1. The van der Waals surface area contributed by atoms with E-state index in [0.29, 0.717) is 6.42 Å². The summed E-state index contributed by atoms with van der Waals surface area (Å²) >= 11 is 0. The molecule has 3 rings (SSSR count). The molecule has 0 bridgehead atoms. The quantitative estimate of drug-likeness (QED) is 0.578. The molecule has 0 spiro atoms. The van der Waals surface area contributed by atoms with E-state index in [1.54, 1.807) is 6.07 Å². The molecule has 88 valence electrons. The molecule has 1 aliphatic heterocycles. The van der Waals surface area contributed by atoms with Gasteiger partial charge in [0.1, 0.15) is 11.9 Å². The molecule has 1 aliphatic carbocycles. The smallest absolute Gasteiger partial charge is 0.310 e. The largest absolute Gasteiger partial charge is 0.461 e. The molecule has 3 unspecified atom stereocenters. The Bertz CT molecular complexity index is 481. The van der Waals surface area contributed by atoms with E-state index in [1.807, 2.05) is 6.07 Å². The summed E-state index contributed by atoms with van der Waals surface area (Å²) in [5.74, 6) is -0.382. The van der Waals surface area contributed by atoms with Gasteiger partial charge in [-0.2, -0.15) is 0 Å². The van der Waals surface area contributed by atoms with E-state index in [-0.39, 0.29) is 29.7 Å². The van der Waals surface area contributed by atoms with Crippen LogP contribution in [0.2, 0.25) is 0 Å². The zero-order chi connectivity index (χ0) is 11.8. The van der Waals surface area contributed by atoms with Crippen LogP contribution in [-0.4, -0.2) is 12.1 Å². The van der Waals surface area contributed by atoms with Gasteiger partial charge in [-0.1, -0.05) is 24.3 Å². The van der Waals surface area contributed by atoms with Gasteiger partial charge in [0.15, 0.2) is 0 Å². The van der Waals surface area contributed by atoms with Gasteiger partial charge in [0, 0.05) is 12.3 Å². The molecule has 0 amide bonds. The Morgan fingerprint density at radius 1 is 1.41 bits per heavy atom. The van der Waals surface area contributed by atoms with E-state index in [4.69, 9.17) is 4.74 Å². The Morgan fingerprint density at radius 3 is 3.12 bits per heavy atom. The summed E-state index contributed by atoms with van der Waals surface area (Å²) < 4.78 is 18.4. The van der Waals surface area contributed by atoms with Crippen LogP contribution in [0.4, 0.5) is 4.39 Å². The van der Waals surface area contributed by atoms with Gasteiger partial charge in [-0.3, -0.25) is 4.79 Å². The van der Waals surface area contributed by atoms with E-state index in [2.05, 4.69) is 12.2 Å². The number of esters is 1. The molecule has 0 N–H and O–H groups in total. The lowest BCUT2D eigenvalue weighted by Crippen LogP contribution is -2.18. The van der Waals surface area contributed by atoms with Gasteiger partial charge in [0.2, 0.25) is 0 Å². The first-order valence-electron chi connectivity index (χ1n) is 5.85. The van der Waals surface area contributed by atoms with E-state index in [0.717, 1.165) is 12.0 Å². The fraction of sp³-hybridized carbons (Fsp3) is 0.357. The van der Waals surface area contributed by atoms with Crippen LogP contribution in [0.1, 0.15) is 12.0 Å². The number of benzene rings is 1. The predicted molar refractivity (Wildman–Crippen MR) is 60.7 cm³/mol. The average Bonchev–Trinajstić information content (AvgIpc) is 2.83. The Kier molecular flexibility index (Phi) is 2.46. The minimum Gasteiger partial charge on any atom is -0.461 e. The van der Waals surface area contributed by atoms with Crippen LogP contribution >= 0.6 is 0 Å². The number of carbonyl (C=O) groups excluding carboxylic acids is 1. The first-order valence-corrected chi connectivity index (χ1v) is 5.85. The number of hydrogen-bond donors (Lipinski definition) is 0. The maximum Gasteiger partial charge on any atom is 0.310 e. The highest BCUT2D eigenvalue weighted by Crippen LogP contribution is 2.37. The van der Waals surface area contributed by atoms with Crippen molar-refractivity contribution in [3.05, 3.63) is 47.8 Å². The van der Waals surface area contributed by atoms with Crippen LogP contribution < -0.4 is 0 Å². The van der Waals surface area contributed by atoms with Gasteiger partial charge in [-0.25, -0.2) is 4.39 Å². The standard InChI is InChI=1S/C14H13FO2/c15-10-4-1-3-9(7-10)8-12-11-5-2-6-13(11)17-14(12)16/h1-5,7,11-13H,6,8H2. The molecule has 1 fully saturated rings. The minimum absolute atomic E-state index is 0.0149. The molecular weight excluding hydrogens is 219 g/mol. The lowest BCUT2D eigenvalue weighted by Gasteiger charge is -2.11. The minimum atomic E-state index is -0.257. The Balaban J connectivity index is 1.80. The summed E-state index contributed by atoms with van der Waals surface area (Å²) in [5, 5.41) is 0. The van der Waals surface area contributed by atoms with Gasteiger partial charge < -0.3 is 4.74 Å². The van der Waals surface area contributed by atoms with E-state index < -0.39 is 0 Å². The van der Waals surface area contributed by atoms with Crippen molar-refractivity contribution in [1.29, 1.82) is 0 Å². The second-order valence-corrected chi connectivity index (χ2v) is 4.66. The summed E-state index contributed by atoms with van der Waals surface area (Å²) in [7, 11) is 0. The van der Waals surface area contributed by atoms with Gasteiger partial charge in [-0.15, -0.1) is 0 Å². The Morgan fingerprint density at radius 2 is 2.29 bits per heavy atom. The third-order valence-corrected chi connectivity index (χ3v) is 3.54. The summed E-state index contributed by atoms with van der Waals surface area (Å²) in [4.78, 5) is 11.7. The van der Waals surface area contributed by atoms with E-state index >= 15 is 0 Å². The SMILES string of the molecule is O=C1OC2CC=CC2C1Cc1cccc(F)c1. The lowest BCUT2D eigenvalue weighted by molar-refractivity contribution is -0.144. The molecule has 0 saturated carbocycles. The Hall–Kier alpha value is -1.64. The second-order valence-electron chi connectivity index (χ2n) is 4.66. The highest BCUT2D eigenvalue weighted by Gasteiger charge is 2.44. The highest BCUT2D eigenvalue weighted by atomic mass is 19.1. The van der Waals surface area contributed by atoms with E-state index in [9.17, 15) is 9.18 Å². The van der Waals surface area contributed by atoms with Crippen LogP contribution in [0.3, 0.4) is 0 Å². The van der Waals surface area contributed by atoms with Crippen molar-refractivity contribution in [2.75, 3.05) is 0 Å². The van der Waals surface area contributed by atoms with Crippen molar-refractivity contribution >= 4 is 5.97 Å². The molecule has 3 heteroatoms. The summed E-state index contributed by atoms with van der Waals surface area (Å²) in [6.07, 6.45) is 5.50. The van der Waals surface area contributed by atoms with Gasteiger partial charge in [0.05, 0.1) is 5.92 Å². The van der Waals surface area contributed by atoms with Crippen LogP contribution in [0, 0.1) is 17.7 Å². The highest BCUT2D eigenvalue weighted by molar-refractivity contribution is 5.76. The van der Waals surface area contributed by atoms with Crippen molar-refractivity contribution in [1.82, 2.24) is 0 Å². The normalized spacial score (nSPS) is 30.4. The van der Waals surface area contributed by atoms with Crippen molar-refractivity contribution in [2.24, 2.45) is 11.8 Å². The first kappa shape index (κ1) is 10.5. The molecule has 2 aliphatic rings. The van der Waals surface area contributed by atoms with Crippen molar-refractivity contribution in [3.63, 3.8) is 0 Å². The van der Waals surface area contributed by atoms with Crippen molar-refractivity contribution in [3.8, 4) is 0 Å². The molecule has 2 nitrogen and oxygen atoms in total. The van der Waals surface area contributed by atoms with Crippen LogP contribution in [0.15, 0.2) is 36.4 Å². The maximum absolute atomic E-state index is 13.1. The molecule has 17 heavy (non-hydrogen) atoms. The van der Waals surface area contributed by atoms with E-state index in [1.165, 1.54) is 12.1 Å². The fourth-order valence-electron chi connectivity index (χ4n) is 2.70. The van der Waals surface area contributed by atoms with Crippen LogP contribution in [0.5, 0.6) is 0 Å². The van der Waals surface area contributed by atoms with Crippen LogP contribution in [0.25, 0.3) is 0 Å². The number of carbonyl (C=O) groups is 1. The first-order chi connectivity index (χ1) is 8.24. The zero-order valence-corrected chi connectivity index (χ0v) is 9.30. The average molecular weight is 232 g/mol. The zero-order valence-electron chi connectivity index (χ0n) is 9.30. The summed E-state index contributed by atoms with van der Waals surface area (Å²) in [6, 6.07) is 6.42. The molecular formula is C14H13FO2. The van der Waals surface area contributed by atoms with Crippen molar-refractivity contribution < 1.29 is 13.9 Å². The topological polar surface area (TPSA) is 26.3 Å². The third-order valence-electron chi connectivity index (χ3n) is 3.54. The molecule has 0 radical (unpaired) electrons. The monoisotopic (exact) mass is 232 g/mol. The number of hydrogen-bond acceptors (Lipinski definition) is 2. The molecule has 3 atom stereocenters. The Labute approximate surface area is 99.1 Å². The third kappa shape index (κ3) is 1.86. The molecule has 1 aromatic rings. The fourth-order valence-corrected chi connectivity index (χ4v) is 2.70.